The van der Waals surface area contributed by atoms with Gasteiger partial charge in [0.15, 0.2) is 5.71 Å². The molecular formula is C10H10N2O2. The minimum Gasteiger partial charge on any atom is -0.410 e. The number of likely N-dealkylation sites (tertiary alicyclic amines) is 1. The van der Waals surface area contributed by atoms with Crippen molar-refractivity contribution < 1.29 is 10.0 Å². The summed E-state index contributed by atoms with van der Waals surface area (Å²) in [5.74, 6) is -0.184. The summed E-state index contributed by atoms with van der Waals surface area (Å²) in [6, 6.07) is 9.71. The second-order valence-electron chi connectivity index (χ2n) is 3.19. The highest BCUT2D eigenvalue weighted by atomic mass is 16.4. The smallest absolute Gasteiger partial charge is 0.274 e. The molecule has 1 heterocycles. The maximum atomic E-state index is 11.2. The number of carbonyl (C=O) groups excluding carboxylic acids is 1. The van der Waals surface area contributed by atoms with Crippen LogP contribution in [0.3, 0.4) is 0 Å². The van der Waals surface area contributed by atoms with Crippen molar-refractivity contribution in [3.05, 3.63) is 35.9 Å². The standard InChI is InChI=1S/C10H10N2O2/c13-10-9(11-14)7-12(10)6-8-4-2-1-3-5-8/h1-5,14H,6-7H2/b11-9+. The van der Waals surface area contributed by atoms with Crippen molar-refractivity contribution in [2.75, 3.05) is 6.54 Å². The minimum atomic E-state index is -0.184. The highest BCUT2D eigenvalue weighted by Gasteiger charge is 2.32. The van der Waals surface area contributed by atoms with Crippen molar-refractivity contribution in [3.63, 3.8) is 0 Å². The fourth-order valence-corrected chi connectivity index (χ4v) is 1.42. The summed E-state index contributed by atoms with van der Waals surface area (Å²) in [4.78, 5) is 12.9. The zero-order valence-electron chi connectivity index (χ0n) is 7.55. The van der Waals surface area contributed by atoms with Gasteiger partial charge < -0.3 is 10.1 Å². The Morgan fingerprint density at radius 2 is 2.07 bits per heavy atom. The van der Waals surface area contributed by atoms with Crippen LogP contribution in [-0.4, -0.2) is 28.3 Å². The summed E-state index contributed by atoms with van der Waals surface area (Å²) >= 11 is 0. The first-order valence-corrected chi connectivity index (χ1v) is 4.35. The molecule has 14 heavy (non-hydrogen) atoms. The Labute approximate surface area is 81.5 Å². The number of oxime groups is 1. The van der Waals surface area contributed by atoms with E-state index in [1.165, 1.54) is 0 Å². The lowest BCUT2D eigenvalue weighted by molar-refractivity contribution is -0.128. The van der Waals surface area contributed by atoms with Crippen molar-refractivity contribution in [3.8, 4) is 0 Å². The Kier molecular flexibility index (Phi) is 2.18. The van der Waals surface area contributed by atoms with Crippen LogP contribution in [0.5, 0.6) is 0 Å². The van der Waals surface area contributed by atoms with E-state index in [1.807, 2.05) is 30.3 Å². The number of β-lactam (4-membered cyclic amide) rings is 1. The summed E-state index contributed by atoms with van der Waals surface area (Å²) in [5.41, 5.74) is 1.32. The third-order valence-corrected chi connectivity index (χ3v) is 2.21. The van der Waals surface area contributed by atoms with E-state index in [4.69, 9.17) is 5.21 Å². The lowest BCUT2D eigenvalue weighted by atomic mass is 10.1. The highest BCUT2D eigenvalue weighted by molar-refractivity contribution is 6.45. The molecule has 2 rings (SSSR count). The molecule has 1 N–H and O–H groups in total. The molecule has 0 radical (unpaired) electrons. The van der Waals surface area contributed by atoms with Gasteiger partial charge in [-0.25, -0.2) is 0 Å². The molecule has 4 nitrogen and oxygen atoms in total. The fourth-order valence-electron chi connectivity index (χ4n) is 1.42. The Bertz CT molecular complexity index is 373. The maximum Gasteiger partial charge on any atom is 0.274 e. The van der Waals surface area contributed by atoms with Gasteiger partial charge in [0.05, 0.1) is 6.54 Å². The zero-order chi connectivity index (χ0) is 9.97. The molecule has 4 heteroatoms. The second-order valence-corrected chi connectivity index (χ2v) is 3.19. The van der Waals surface area contributed by atoms with E-state index in [9.17, 15) is 4.79 Å². The van der Waals surface area contributed by atoms with Gasteiger partial charge in [0.25, 0.3) is 5.91 Å². The summed E-state index contributed by atoms with van der Waals surface area (Å²) in [6.07, 6.45) is 0. The van der Waals surface area contributed by atoms with Gasteiger partial charge in [-0.1, -0.05) is 35.5 Å². The number of hydrogen-bond acceptors (Lipinski definition) is 3. The molecule has 1 saturated heterocycles. The molecule has 1 aliphatic rings. The fraction of sp³-hybridized carbons (Fsp3) is 0.200. The van der Waals surface area contributed by atoms with Crippen molar-refractivity contribution >= 4 is 11.6 Å². The molecule has 1 amide bonds. The number of benzene rings is 1. The van der Waals surface area contributed by atoms with Crippen molar-refractivity contribution in [2.24, 2.45) is 5.16 Å². The van der Waals surface area contributed by atoms with Crippen LogP contribution in [0, 0.1) is 0 Å². The van der Waals surface area contributed by atoms with E-state index in [0.717, 1.165) is 5.56 Å². The Morgan fingerprint density at radius 3 is 2.64 bits per heavy atom. The predicted molar refractivity (Wildman–Crippen MR) is 51.1 cm³/mol. The van der Waals surface area contributed by atoms with E-state index in [-0.39, 0.29) is 11.6 Å². The highest BCUT2D eigenvalue weighted by Crippen LogP contribution is 2.11. The Hall–Kier alpha value is -1.84. The number of nitrogens with zero attached hydrogens (tertiary/aromatic N) is 2. The van der Waals surface area contributed by atoms with Crippen LogP contribution in [-0.2, 0) is 11.3 Å². The van der Waals surface area contributed by atoms with Crippen LogP contribution in [0.2, 0.25) is 0 Å². The lowest BCUT2D eigenvalue weighted by Gasteiger charge is -2.30. The monoisotopic (exact) mass is 190 g/mol. The van der Waals surface area contributed by atoms with Gasteiger partial charge in [0, 0.05) is 6.54 Å². The maximum absolute atomic E-state index is 11.2. The first kappa shape index (κ1) is 8.74. The first-order valence-electron chi connectivity index (χ1n) is 4.35. The van der Waals surface area contributed by atoms with Gasteiger partial charge in [-0.3, -0.25) is 4.79 Å². The van der Waals surface area contributed by atoms with Gasteiger partial charge in [-0.05, 0) is 5.56 Å². The molecule has 0 spiro atoms. The topological polar surface area (TPSA) is 52.9 Å². The van der Waals surface area contributed by atoms with E-state index in [0.29, 0.717) is 13.1 Å². The van der Waals surface area contributed by atoms with Gasteiger partial charge in [0.1, 0.15) is 0 Å². The molecule has 0 saturated carbocycles. The molecular weight excluding hydrogens is 180 g/mol. The van der Waals surface area contributed by atoms with Crippen LogP contribution in [0.1, 0.15) is 5.56 Å². The Balaban J connectivity index is 1.99. The summed E-state index contributed by atoms with van der Waals surface area (Å²) < 4.78 is 0. The second kappa shape index (κ2) is 3.49. The van der Waals surface area contributed by atoms with E-state index in [2.05, 4.69) is 5.16 Å². The SMILES string of the molecule is O=C1/C(=N/O)CN1Cc1ccccc1. The lowest BCUT2D eigenvalue weighted by Crippen LogP contribution is -2.52. The summed E-state index contributed by atoms with van der Waals surface area (Å²) in [7, 11) is 0. The van der Waals surface area contributed by atoms with Crippen LogP contribution in [0.4, 0.5) is 0 Å². The number of rotatable bonds is 2. The quantitative estimate of drug-likeness (QED) is 0.427. The van der Waals surface area contributed by atoms with Crippen LogP contribution in [0.15, 0.2) is 35.5 Å². The molecule has 1 aromatic rings. The molecule has 0 bridgehead atoms. The molecule has 72 valence electrons. The van der Waals surface area contributed by atoms with Gasteiger partial charge in [0.2, 0.25) is 0 Å². The number of amides is 1. The molecule has 1 aromatic carbocycles. The molecule has 0 aromatic heterocycles. The normalized spacial score (nSPS) is 18.4. The third-order valence-electron chi connectivity index (χ3n) is 2.21. The van der Waals surface area contributed by atoms with E-state index < -0.39 is 0 Å². The average Bonchev–Trinajstić information content (AvgIpc) is 2.24. The molecule has 0 atom stereocenters. The average molecular weight is 190 g/mol. The summed E-state index contributed by atoms with van der Waals surface area (Å²) in [6.45, 7) is 1.02. The van der Waals surface area contributed by atoms with E-state index >= 15 is 0 Å². The molecule has 0 aliphatic carbocycles. The third kappa shape index (κ3) is 1.46. The van der Waals surface area contributed by atoms with Crippen molar-refractivity contribution in [1.29, 1.82) is 0 Å². The summed E-state index contributed by atoms with van der Waals surface area (Å²) in [5, 5.41) is 11.3. The molecule has 1 fully saturated rings. The molecule has 1 aliphatic heterocycles. The molecule has 0 unspecified atom stereocenters. The zero-order valence-corrected chi connectivity index (χ0v) is 7.55. The number of carbonyl (C=O) groups is 1. The van der Waals surface area contributed by atoms with Crippen LogP contribution < -0.4 is 0 Å². The van der Waals surface area contributed by atoms with Crippen LogP contribution >= 0.6 is 0 Å². The predicted octanol–water partition coefficient (Wildman–Crippen LogP) is 0.859. The van der Waals surface area contributed by atoms with Crippen molar-refractivity contribution in [1.82, 2.24) is 4.90 Å². The minimum absolute atomic E-state index is 0.184. The van der Waals surface area contributed by atoms with Crippen molar-refractivity contribution in [2.45, 2.75) is 6.54 Å². The van der Waals surface area contributed by atoms with E-state index in [1.54, 1.807) is 4.90 Å². The Morgan fingerprint density at radius 1 is 1.36 bits per heavy atom. The largest absolute Gasteiger partial charge is 0.410 e. The first-order chi connectivity index (χ1) is 6.81. The van der Waals surface area contributed by atoms with Gasteiger partial charge >= 0.3 is 0 Å². The van der Waals surface area contributed by atoms with Crippen LogP contribution in [0.25, 0.3) is 0 Å². The van der Waals surface area contributed by atoms with Gasteiger partial charge in [-0.2, -0.15) is 0 Å². The van der Waals surface area contributed by atoms with Gasteiger partial charge in [-0.15, -0.1) is 0 Å². The number of hydrogen-bond donors (Lipinski definition) is 1.